The fraction of sp³-hybridized carbons (Fsp3) is 0.364. The Kier molecular flexibility index (Phi) is 7.87. The van der Waals surface area contributed by atoms with E-state index in [1.54, 1.807) is 14.0 Å². The van der Waals surface area contributed by atoms with Gasteiger partial charge < -0.3 is 19.7 Å². The number of rotatable bonds is 9. The molecule has 0 saturated carbocycles. The van der Waals surface area contributed by atoms with Gasteiger partial charge in [0.05, 0.1) is 7.11 Å². The van der Waals surface area contributed by atoms with Crippen molar-refractivity contribution in [2.24, 2.45) is 0 Å². The second kappa shape index (κ2) is 10.3. The normalized spacial score (nSPS) is 11.4. The first-order valence-electron chi connectivity index (χ1n) is 9.34. The molecule has 0 radical (unpaired) electrons. The molecule has 2 amide bonds. The average Bonchev–Trinajstić information content (AvgIpc) is 2.71. The van der Waals surface area contributed by atoms with E-state index in [2.05, 4.69) is 5.32 Å². The highest BCUT2D eigenvalue weighted by molar-refractivity contribution is 5.87. The van der Waals surface area contributed by atoms with Crippen LogP contribution < -0.4 is 14.8 Å². The van der Waals surface area contributed by atoms with Crippen molar-refractivity contribution in [3.63, 3.8) is 0 Å². The Balaban J connectivity index is 2.11. The third kappa shape index (κ3) is 6.01. The Hall–Kier alpha value is -3.02. The predicted octanol–water partition coefficient (Wildman–Crippen LogP) is 2.94. The number of carbonyl (C=O) groups excluding carboxylic acids is 2. The highest BCUT2D eigenvalue weighted by atomic mass is 16.5. The fourth-order valence-electron chi connectivity index (χ4n) is 2.69. The SMILES string of the molecule is CCNC(=O)C(C)N(Cc1ccc(OC)cc1)C(=O)COc1ccc(C)cc1. The molecule has 0 aliphatic heterocycles. The van der Waals surface area contributed by atoms with Gasteiger partial charge in [-0.05, 0) is 50.6 Å². The molecule has 0 aromatic heterocycles. The number of likely N-dealkylation sites (N-methyl/N-ethyl adjacent to an activating group) is 1. The molecular formula is C22H28N2O4. The highest BCUT2D eigenvalue weighted by Crippen LogP contribution is 2.16. The quantitative estimate of drug-likeness (QED) is 0.722. The Bertz CT molecular complexity index is 772. The molecule has 0 fully saturated rings. The van der Waals surface area contributed by atoms with Crippen molar-refractivity contribution in [3.05, 3.63) is 59.7 Å². The molecular weight excluding hydrogens is 356 g/mol. The van der Waals surface area contributed by atoms with Crippen LogP contribution in [0.5, 0.6) is 11.5 Å². The second-order valence-corrected chi connectivity index (χ2v) is 6.54. The van der Waals surface area contributed by atoms with E-state index in [1.807, 2.05) is 62.4 Å². The minimum absolute atomic E-state index is 0.136. The second-order valence-electron chi connectivity index (χ2n) is 6.54. The lowest BCUT2D eigenvalue weighted by atomic mass is 10.1. The number of methoxy groups -OCH3 is 1. The summed E-state index contributed by atoms with van der Waals surface area (Å²) in [6.07, 6.45) is 0. The largest absolute Gasteiger partial charge is 0.497 e. The van der Waals surface area contributed by atoms with Crippen molar-refractivity contribution in [1.82, 2.24) is 10.2 Å². The van der Waals surface area contributed by atoms with Crippen LogP contribution in [0.1, 0.15) is 25.0 Å². The Morgan fingerprint density at radius 3 is 2.21 bits per heavy atom. The topological polar surface area (TPSA) is 67.9 Å². The number of aryl methyl sites for hydroxylation is 1. The van der Waals surface area contributed by atoms with Gasteiger partial charge in [0.15, 0.2) is 6.61 Å². The van der Waals surface area contributed by atoms with Crippen molar-refractivity contribution in [2.75, 3.05) is 20.3 Å². The molecule has 28 heavy (non-hydrogen) atoms. The molecule has 1 N–H and O–H groups in total. The van der Waals surface area contributed by atoms with Gasteiger partial charge in [0.1, 0.15) is 17.5 Å². The van der Waals surface area contributed by atoms with Gasteiger partial charge in [0.25, 0.3) is 5.91 Å². The molecule has 0 heterocycles. The van der Waals surface area contributed by atoms with Crippen molar-refractivity contribution >= 4 is 11.8 Å². The van der Waals surface area contributed by atoms with Gasteiger partial charge in [0, 0.05) is 13.1 Å². The number of hydrogen-bond acceptors (Lipinski definition) is 4. The summed E-state index contributed by atoms with van der Waals surface area (Å²) in [6, 6.07) is 14.3. The van der Waals surface area contributed by atoms with Gasteiger partial charge in [0.2, 0.25) is 5.91 Å². The standard InChI is InChI=1S/C22H28N2O4/c1-5-23-22(26)17(3)24(14-18-8-12-19(27-4)13-9-18)21(25)15-28-20-10-6-16(2)7-11-20/h6-13,17H,5,14-15H2,1-4H3,(H,23,26). The van der Waals surface area contributed by atoms with E-state index in [1.165, 1.54) is 4.90 Å². The molecule has 1 atom stereocenters. The molecule has 150 valence electrons. The molecule has 0 spiro atoms. The van der Waals surface area contributed by atoms with Crippen LogP contribution in [0.25, 0.3) is 0 Å². The van der Waals surface area contributed by atoms with Gasteiger partial charge in [-0.1, -0.05) is 29.8 Å². The summed E-state index contributed by atoms with van der Waals surface area (Å²) >= 11 is 0. The highest BCUT2D eigenvalue weighted by Gasteiger charge is 2.26. The molecule has 0 aliphatic rings. The van der Waals surface area contributed by atoms with Crippen LogP contribution in [0.3, 0.4) is 0 Å². The van der Waals surface area contributed by atoms with E-state index in [0.717, 1.165) is 16.9 Å². The van der Waals surface area contributed by atoms with Crippen molar-refractivity contribution in [1.29, 1.82) is 0 Å². The predicted molar refractivity (Wildman–Crippen MR) is 108 cm³/mol. The summed E-state index contributed by atoms with van der Waals surface area (Å²) in [4.78, 5) is 26.7. The van der Waals surface area contributed by atoms with E-state index < -0.39 is 6.04 Å². The zero-order valence-corrected chi connectivity index (χ0v) is 16.9. The molecule has 0 bridgehead atoms. The summed E-state index contributed by atoms with van der Waals surface area (Å²) in [7, 11) is 1.60. The zero-order valence-electron chi connectivity index (χ0n) is 16.9. The van der Waals surface area contributed by atoms with E-state index in [4.69, 9.17) is 9.47 Å². The summed E-state index contributed by atoms with van der Waals surface area (Å²) in [5.41, 5.74) is 2.02. The number of nitrogens with zero attached hydrogens (tertiary/aromatic N) is 1. The number of nitrogens with one attached hydrogen (secondary N) is 1. The van der Waals surface area contributed by atoms with E-state index in [9.17, 15) is 9.59 Å². The molecule has 1 unspecified atom stereocenters. The third-order valence-corrected chi connectivity index (χ3v) is 4.41. The number of ether oxygens (including phenoxy) is 2. The monoisotopic (exact) mass is 384 g/mol. The van der Waals surface area contributed by atoms with Crippen LogP contribution in [0.15, 0.2) is 48.5 Å². The summed E-state index contributed by atoms with van der Waals surface area (Å²) in [5.74, 6) is 0.907. The summed E-state index contributed by atoms with van der Waals surface area (Å²) in [6.45, 7) is 6.23. The first kappa shape index (κ1) is 21.3. The number of benzene rings is 2. The molecule has 2 aromatic rings. The van der Waals surface area contributed by atoms with Crippen LogP contribution in [0.4, 0.5) is 0 Å². The van der Waals surface area contributed by atoms with Crippen LogP contribution in [0.2, 0.25) is 0 Å². The molecule has 2 rings (SSSR count). The maximum absolute atomic E-state index is 12.9. The van der Waals surface area contributed by atoms with Gasteiger partial charge >= 0.3 is 0 Å². The number of hydrogen-bond donors (Lipinski definition) is 1. The van der Waals surface area contributed by atoms with Crippen LogP contribution in [-0.2, 0) is 16.1 Å². The summed E-state index contributed by atoms with van der Waals surface area (Å²) < 4.78 is 10.8. The molecule has 0 saturated heterocycles. The smallest absolute Gasteiger partial charge is 0.261 e. The maximum Gasteiger partial charge on any atom is 0.261 e. The van der Waals surface area contributed by atoms with Gasteiger partial charge in [-0.15, -0.1) is 0 Å². The number of carbonyl (C=O) groups is 2. The Morgan fingerprint density at radius 1 is 1.04 bits per heavy atom. The summed E-state index contributed by atoms with van der Waals surface area (Å²) in [5, 5.41) is 2.77. The third-order valence-electron chi connectivity index (χ3n) is 4.41. The van der Waals surface area contributed by atoms with Crippen molar-refractivity contribution in [2.45, 2.75) is 33.4 Å². The van der Waals surface area contributed by atoms with Gasteiger partial charge in [-0.2, -0.15) is 0 Å². The first-order valence-corrected chi connectivity index (χ1v) is 9.34. The Labute approximate surface area is 166 Å². The van der Waals surface area contributed by atoms with Crippen molar-refractivity contribution < 1.29 is 19.1 Å². The van der Waals surface area contributed by atoms with Crippen LogP contribution in [-0.4, -0.2) is 43.0 Å². The van der Waals surface area contributed by atoms with Crippen LogP contribution >= 0.6 is 0 Å². The van der Waals surface area contributed by atoms with E-state index in [0.29, 0.717) is 18.8 Å². The Morgan fingerprint density at radius 2 is 1.64 bits per heavy atom. The fourth-order valence-corrected chi connectivity index (χ4v) is 2.69. The first-order chi connectivity index (χ1) is 13.4. The number of amides is 2. The minimum atomic E-state index is -0.615. The average molecular weight is 384 g/mol. The minimum Gasteiger partial charge on any atom is -0.497 e. The molecule has 2 aromatic carbocycles. The molecule has 0 aliphatic carbocycles. The van der Waals surface area contributed by atoms with Gasteiger partial charge in [-0.25, -0.2) is 0 Å². The van der Waals surface area contributed by atoms with E-state index in [-0.39, 0.29) is 18.4 Å². The van der Waals surface area contributed by atoms with Crippen LogP contribution in [0, 0.1) is 6.92 Å². The lowest BCUT2D eigenvalue weighted by Crippen LogP contribution is -2.49. The lowest BCUT2D eigenvalue weighted by molar-refractivity contribution is -0.142. The van der Waals surface area contributed by atoms with Crippen molar-refractivity contribution in [3.8, 4) is 11.5 Å². The molecule has 6 nitrogen and oxygen atoms in total. The maximum atomic E-state index is 12.9. The van der Waals surface area contributed by atoms with Gasteiger partial charge in [-0.3, -0.25) is 9.59 Å². The molecule has 6 heteroatoms. The lowest BCUT2D eigenvalue weighted by Gasteiger charge is -2.28. The zero-order chi connectivity index (χ0) is 20.5. The van der Waals surface area contributed by atoms with E-state index >= 15 is 0 Å².